The van der Waals surface area contributed by atoms with E-state index in [9.17, 15) is 18.4 Å². The molecule has 1 amide bonds. The number of hydrogen-bond acceptors (Lipinski definition) is 6. The van der Waals surface area contributed by atoms with Crippen molar-refractivity contribution in [2.45, 2.75) is 6.42 Å². The lowest BCUT2D eigenvalue weighted by atomic mass is 10.1. The highest BCUT2D eigenvalue weighted by Crippen LogP contribution is 2.31. The zero-order chi connectivity index (χ0) is 26.5. The van der Waals surface area contributed by atoms with Crippen molar-refractivity contribution in [3.05, 3.63) is 107 Å². The van der Waals surface area contributed by atoms with E-state index in [0.29, 0.717) is 23.0 Å². The lowest BCUT2D eigenvalue weighted by Crippen LogP contribution is -2.27. The zero-order valence-electron chi connectivity index (χ0n) is 20.7. The van der Waals surface area contributed by atoms with Crippen LogP contribution in [0.4, 0.5) is 20.2 Å². The molecule has 3 N–H and O–H groups in total. The van der Waals surface area contributed by atoms with Gasteiger partial charge in [0.2, 0.25) is 0 Å². The van der Waals surface area contributed by atoms with Gasteiger partial charge >= 0.3 is 0 Å². The van der Waals surface area contributed by atoms with Gasteiger partial charge in [0.1, 0.15) is 11.4 Å². The van der Waals surface area contributed by atoms with E-state index < -0.39 is 23.1 Å². The smallest absolute Gasteiger partial charge is 0.267 e. The molecule has 0 bridgehead atoms. The second kappa shape index (κ2) is 12.5. The number of rotatable bonds is 8. The first kappa shape index (κ1) is 27.7. The lowest BCUT2D eigenvalue weighted by Gasteiger charge is -2.15. The second-order valence-electron chi connectivity index (χ2n) is 8.89. The van der Waals surface area contributed by atoms with Crippen molar-refractivity contribution in [2.24, 2.45) is 5.92 Å². The number of benzene rings is 2. The molecule has 3 heterocycles. The van der Waals surface area contributed by atoms with Crippen molar-refractivity contribution in [1.82, 2.24) is 14.9 Å². The minimum atomic E-state index is -0.707. The number of nitrogens with one attached hydrogen (secondary N) is 3. The van der Waals surface area contributed by atoms with Crippen molar-refractivity contribution < 1.29 is 18.3 Å². The highest BCUT2D eigenvalue weighted by atomic mass is 35.5. The molecule has 1 fully saturated rings. The number of carbonyl (C=O) groups is 1. The number of halogens is 3. The average Bonchev–Trinajstić information content (AvgIpc) is 3.44. The van der Waals surface area contributed by atoms with Crippen molar-refractivity contribution >= 4 is 29.7 Å². The van der Waals surface area contributed by atoms with Gasteiger partial charge in [-0.05, 0) is 74.0 Å². The van der Waals surface area contributed by atoms with Crippen LogP contribution < -0.4 is 26.2 Å². The Bertz CT molecular complexity index is 1510. The van der Waals surface area contributed by atoms with Gasteiger partial charge in [-0.3, -0.25) is 19.1 Å². The molecule has 0 saturated carbocycles. The molecule has 1 saturated heterocycles. The fourth-order valence-electron chi connectivity index (χ4n) is 4.20. The van der Waals surface area contributed by atoms with Crippen LogP contribution in [-0.4, -0.2) is 35.1 Å². The maximum Gasteiger partial charge on any atom is 0.267 e. The summed E-state index contributed by atoms with van der Waals surface area (Å²) < 4.78 is 35.2. The zero-order valence-corrected chi connectivity index (χ0v) is 21.5. The number of anilines is 2. The average molecular weight is 554 g/mol. The molecule has 39 heavy (non-hydrogen) atoms. The van der Waals surface area contributed by atoms with Gasteiger partial charge in [-0.15, -0.1) is 12.4 Å². The molecule has 0 aliphatic carbocycles. The fourth-order valence-corrected chi connectivity index (χ4v) is 4.20. The summed E-state index contributed by atoms with van der Waals surface area (Å²) in [6, 6.07) is 13.8. The predicted octanol–water partition coefficient (Wildman–Crippen LogP) is 5.00. The van der Waals surface area contributed by atoms with Gasteiger partial charge in [0.05, 0.1) is 11.9 Å². The molecule has 11 heteroatoms. The third-order valence-electron chi connectivity index (χ3n) is 6.23. The molecule has 1 unspecified atom stereocenters. The molecule has 2 aromatic heterocycles. The van der Waals surface area contributed by atoms with Gasteiger partial charge in [-0.2, -0.15) is 0 Å². The van der Waals surface area contributed by atoms with Gasteiger partial charge in [-0.25, -0.2) is 8.78 Å². The maximum atomic E-state index is 14.9. The van der Waals surface area contributed by atoms with Crippen LogP contribution in [0, 0.1) is 17.6 Å². The SMILES string of the molecule is Cl.O=C(Nc1ccc(Oc2ccncc2NCC2CCNC2)c(F)c1)c1cccn(-c2ccc(F)cc2)c1=O. The van der Waals surface area contributed by atoms with Crippen LogP contribution in [0.15, 0.2) is 84.0 Å². The van der Waals surface area contributed by atoms with Crippen LogP contribution in [0.2, 0.25) is 0 Å². The molecule has 202 valence electrons. The molecule has 8 nitrogen and oxygen atoms in total. The number of hydrogen-bond donors (Lipinski definition) is 3. The Kier molecular flexibility index (Phi) is 8.90. The molecule has 1 aliphatic heterocycles. The second-order valence-corrected chi connectivity index (χ2v) is 8.89. The van der Waals surface area contributed by atoms with Crippen LogP contribution in [0.25, 0.3) is 5.69 Å². The third-order valence-corrected chi connectivity index (χ3v) is 6.23. The number of nitrogens with zero attached hydrogens (tertiary/aromatic N) is 2. The van der Waals surface area contributed by atoms with Gasteiger partial charge < -0.3 is 20.7 Å². The van der Waals surface area contributed by atoms with E-state index in [0.717, 1.165) is 32.1 Å². The molecule has 0 spiro atoms. The molecule has 2 aromatic carbocycles. The quantitative estimate of drug-likeness (QED) is 0.284. The van der Waals surface area contributed by atoms with Gasteiger partial charge in [0, 0.05) is 42.4 Å². The Labute approximate surface area is 229 Å². The van der Waals surface area contributed by atoms with E-state index in [1.54, 1.807) is 18.5 Å². The van der Waals surface area contributed by atoms with E-state index in [-0.39, 0.29) is 29.4 Å². The number of carbonyl (C=O) groups excluding carboxylic acids is 1. The Morgan fingerprint density at radius 2 is 1.92 bits per heavy atom. The van der Waals surface area contributed by atoms with Crippen LogP contribution >= 0.6 is 12.4 Å². The predicted molar refractivity (Wildman–Crippen MR) is 147 cm³/mol. The van der Waals surface area contributed by atoms with Crippen molar-refractivity contribution in [1.29, 1.82) is 0 Å². The molecule has 4 aromatic rings. The summed E-state index contributed by atoms with van der Waals surface area (Å²) in [5.74, 6) is -0.954. The Hall–Kier alpha value is -4.28. The maximum absolute atomic E-state index is 14.9. The number of ether oxygens (including phenoxy) is 1. The van der Waals surface area contributed by atoms with Crippen LogP contribution in [0.3, 0.4) is 0 Å². The minimum absolute atomic E-state index is 0. The molecule has 0 radical (unpaired) electrons. The molecular weight excluding hydrogens is 528 g/mol. The van der Waals surface area contributed by atoms with E-state index in [1.165, 1.54) is 59.3 Å². The molecule has 1 atom stereocenters. The summed E-state index contributed by atoms with van der Waals surface area (Å²) in [7, 11) is 0. The molecular formula is C28H26ClF2N5O3. The van der Waals surface area contributed by atoms with E-state index in [4.69, 9.17) is 4.74 Å². The summed E-state index contributed by atoms with van der Waals surface area (Å²) in [6.07, 6.45) is 5.74. The highest BCUT2D eigenvalue weighted by Gasteiger charge is 2.17. The molecule has 5 rings (SSSR count). The standard InChI is InChI=1S/C28H25F2N5O3.ClH/c29-19-3-6-21(7-4-19)35-13-1-2-22(28(35)37)27(36)34-20-5-8-25(23(30)14-20)38-26-10-12-32-17-24(26)33-16-18-9-11-31-15-18;/h1-8,10,12-14,17-18,31,33H,9,11,15-16H2,(H,34,36);1H. The van der Waals surface area contributed by atoms with Gasteiger partial charge in [-0.1, -0.05) is 0 Å². The first-order valence-corrected chi connectivity index (χ1v) is 12.1. The van der Waals surface area contributed by atoms with Gasteiger partial charge in [0.25, 0.3) is 11.5 Å². The molecule has 1 aliphatic rings. The summed E-state index contributed by atoms with van der Waals surface area (Å²) in [5, 5.41) is 9.18. The van der Waals surface area contributed by atoms with Crippen molar-refractivity contribution in [2.75, 3.05) is 30.3 Å². The highest BCUT2D eigenvalue weighted by molar-refractivity contribution is 6.04. The van der Waals surface area contributed by atoms with Crippen molar-refractivity contribution in [3.8, 4) is 17.2 Å². The Morgan fingerprint density at radius 3 is 2.67 bits per heavy atom. The summed E-state index contributed by atoms with van der Waals surface area (Å²) in [4.78, 5) is 29.8. The normalized spacial score (nSPS) is 14.4. The minimum Gasteiger partial charge on any atom is -0.452 e. The van der Waals surface area contributed by atoms with E-state index >= 15 is 0 Å². The lowest BCUT2D eigenvalue weighted by molar-refractivity contribution is 0.102. The van der Waals surface area contributed by atoms with Crippen LogP contribution in [0.5, 0.6) is 11.5 Å². The summed E-state index contributed by atoms with van der Waals surface area (Å²) >= 11 is 0. The largest absolute Gasteiger partial charge is 0.452 e. The van der Waals surface area contributed by atoms with Crippen LogP contribution in [0.1, 0.15) is 16.8 Å². The first-order chi connectivity index (χ1) is 18.5. The summed E-state index contributed by atoms with van der Waals surface area (Å²) in [6.45, 7) is 2.67. The third kappa shape index (κ3) is 6.60. The first-order valence-electron chi connectivity index (χ1n) is 12.1. The monoisotopic (exact) mass is 553 g/mol. The summed E-state index contributed by atoms with van der Waals surface area (Å²) in [5.41, 5.74) is 0.463. The van der Waals surface area contributed by atoms with E-state index in [2.05, 4.69) is 20.9 Å². The topological polar surface area (TPSA) is 97.3 Å². The number of aromatic nitrogens is 2. The van der Waals surface area contributed by atoms with Gasteiger partial charge in [0.15, 0.2) is 17.3 Å². The number of pyridine rings is 2. The fraction of sp³-hybridized carbons (Fsp3) is 0.179. The Balaban J connectivity index is 0.00000353. The van der Waals surface area contributed by atoms with Crippen molar-refractivity contribution in [3.63, 3.8) is 0 Å². The van der Waals surface area contributed by atoms with E-state index in [1.807, 2.05) is 0 Å². The Morgan fingerprint density at radius 1 is 1.10 bits per heavy atom. The number of amides is 1. The van der Waals surface area contributed by atoms with Crippen LogP contribution in [-0.2, 0) is 0 Å².